The minimum absolute atomic E-state index is 0.442. The summed E-state index contributed by atoms with van der Waals surface area (Å²) in [5.41, 5.74) is 9.52. The van der Waals surface area contributed by atoms with Gasteiger partial charge in [0, 0.05) is 17.1 Å². The summed E-state index contributed by atoms with van der Waals surface area (Å²) >= 11 is 6.01. The van der Waals surface area contributed by atoms with Crippen molar-refractivity contribution in [2.24, 2.45) is 5.73 Å². The maximum Gasteiger partial charge on any atom is 0.133 e. The lowest BCUT2D eigenvalue weighted by molar-refractivity contribution is 0.476. The third-order valence-electron chi connectivity index (χ3n) is 3.55. The molecular weight excluding hydrogens is 258 g/mol. The van der Waals surface area contributed by atoms with Gasteiger partial charge < -0.3 is 10.5 Å². The van der Waals surface area contributed by atoms with Crippen molar-refractivity contribution in [1.82, 2.24) is 0 Å². The predicted octanol–water partition coefficient (Wildman–Crippen LogP) is 4.08. The Bertz CT molecular complexity index is 610. The molecule has 2 aromatic rings. The summed E-state index contributed by atoms with van der Waals surface area (Å²) in [5.74, 6) is 1.60. The van der Waals surface area contributed by atoms with Gasteiger partial charge in [0.25, 0.3) is 0 Å². The van der Waals surface area contributed by atoms with Gasteiger partial charge in [-0.2, -0.15) is 0 Å². The third kappa shape index (κ3) is 2.60. The lowest BCUT2D eigenvalue weighted by Gasteiger charge is -2.11. The Morgan fingerprint density at radius 3 is 2.74 bits per heavy atom. The molecule has 98 valence electrons. The summed E-state index contributed by atoms with van der Waals surface area (Å²) < 4.78 is 5.94. The van der Waals surface area contributed by atoms with E-state index in [1.807, 2.05) is 24.3 Å². The first-order chi connectivity index (χ1) is 9.26. The molecule has 0 fully saturated rings. The van der Waals surface area contributed by atoms with Crippen molar-refractivity contribution in [1.29, 1.82) is 0 Å². The van der Waals surface area contributed by atoms with Gasteiger partial charge in [-0.15, -0.1) is 0 Å². The van der Waals surface area contributed by atoms with E-state index in [4.69, 9.17) is 22.1 Å². The zero-order chi connectivity index (χ0) is 13.2. The molecule has 0 atom stereocenters. The Hall–Kier alpha value is -1.51. The van der Waals surface area contributed by atoms with Crippen molar-refractivity contribution in [3.8, 4) is 11.5 Å². The normalized spacial score (nSPS) is 13.4. The molecule has 3 heteroatoms. The third-order valence-corrected chi connectivity index (χ3v) is 3.78. The molecule has 0 amide bonds. The summed E-state index contributed by atoms with van der Waals surface area (Å²) in [6.45, 7) is 0.442. The lowest BCUT2D eigenvalue weighted by Crippen LogP contribution is -1.99. The second-order valence-corrected chi connectivity index (χ2v) is 5.28. The molecule has 2 aromatic carbocycles. The van der Waals surface area contributed by atoms with Crippen LogP contribution in [0, 0.1) is 0 Å². The first-order valence-corrected chi connectivity index (χ1v) is 6.92. The van der Waals surface area contributed by atoms with Crippen LogP contribution in [0.2, 0.25) is 5.02 Å². The molecular formula is C16H16ClNO. The van der Waals surface area contributed by atoms with Crippen LogP contribution < -0.4 is 10.5 Å². The quantitative estimate of drug-likeness (QED) is 0.914. The Balaban J connectivity index is 1.90. The SMILES string of the molecule is NCc1ccc(Cl)cc1Oc1ccc2c(c1)CCC2. The van der Waals surface area contributed by atoms with Crippen molar-refractivity contribution >= 4 is 11.6 Å². The van der Waals surface area contributed by atoms with Gasteiger partial charge in [0.1, 0.15) is 11.5 Å². The number of hydrogen-bond donors (Lipinski definition) is 1. The van der Waals surface area contributed by atoms with E-state index in [9.17, 15) is 0 Å². The van der Waals surface area contributed by atoms with Crippen LogP contribution in [0.3, 0.4) is 0 Å². The van der Waals surface area contributed by atoms with Crippen LogP contribution in [0.25, 0.3) is 0 Å². The van der Waals surface area contributed by atoms with Crippen LogP contribution in [0.15, 0.2) is 36.4 Å². The average molecular weight is 274 g/mol. The van der Waals surface area contributed by atoms with E-state index in [2.05, 4.69) is 12.1 Å². The molecule has 0 unspecified atom stereocenters. The van der Waals surface area contributed by atoms with Crippen molar-refractivity contribution in [3.63, 3.8) is 0 Å². The van der Waals surface area contributed by atoms with Gasteiger partial charge in [0.05, 0.1) is 0 Å². The number of nitrogens with two attached hydrogens (primary N) is 1. The van der Waals surface area contributed by atoms with E-state index < -0.39 is 0 Å². The first-order valence-electron chi connectivity index (χ1n) is 6.54. The van der Waals surface area contributed by atoms with Crippen LogP contribution in [-0.2, 0) is 19.4 Å². The largest absolute Gasteiger partial charge is 0.457 e. The second kappa shape index (κ2) is 5.24. The summed E-state index contributed by atoms with van der Waals surface area (Å²) in [6.07, 6.45) is 3.57. The van der Waals surface area contributed by atoms with E-state index in [1.54, 1.807) is 0 Å². The lowest BCUT2D eigenvalue weighted by atomic mass is 10.1. The van der Waals surface area contributed by atoms with E-state index in [0.717, 1.165) is 23.5 Å². The van der Waals surface area contributed by atoms with Crippen molar-refractivity contribution < 1.29 is 4.74 Å². The topological polar surface area (TPSA) is 35.2 Å². The van der Waals surface area contributed by atoms with E-state index in [1.165, 1.54) is 24.0 Å². The van der Waals surface area contributed by atoms with Gasteiger partial charge >= 0.3 is 0 Å². The fraction of sp³-hybridized carbons (Fsp3) is 0.250. The highest BCUT2D eigenvalue weighted by Crippen LogP contribution is 2.31. The van der Waals surface area contributed by atoms with Gasteiger partial charge in [0.2, 0.25) is 0 Å². The molecule has 0 bridgehead atoms. The Kier molecular flexibility index (Phi) is 3.45. The highest BCUT2D eigenvalue weighted by molar-refractivity contribution is 6.30. The average Bonchev–Trinajstić information content (AvgIpc) is 2.86. The van der Waals surface area contributed by atoms with Crippen LogP contribution in [-0.4, -0.2) is 0 Å². The molecule has 1 aliphatic carbocycles. The predicted molar refractivity (Wildman–Crippen MR) is 77.9 cm³/mol. The zero-order valence-electron chi connectivity index (χ0n) is 10.7. The number of hydrogen-bond acceptors (Lipinski definition) is 2. The molecule has 0 heterocycles. The Morgan fingerprint density at radius 1 is 1.05 bits per heavy atom. The maximum atomic E-state index is 6.01. The van der Waals surface area contributed by atoms with Crippen LogP contribution >= 0.6 is 11.6 Å². The van der Waals surface area contributed by atoms with E-state index in [0.29, 0.717) is 11.6 Å². The number of halogens is 1. The number of benzene rings is 2. The standard InChI is InChI=1S/C16H16ClNO/c17-14-6-4-13(10-18)16(9-14)19-15-7-5-11-2-1-3-12(11)8-15/h4-9H,1-3,10,18H2. The fourth-order valence-corrected chi connectivity index (χ4v) is 2.69. The molecule has 0 saturated carbocycles. The minimum atomic E-state index is 0.442. The molecule has 0 spiro atoms. The summed E-state index contributed by atoms with van der Waals surface area (Å²) in [4.78, 5) is 0. The maximum absolute atomic E-state index is 6.01. The molecule has 1 aliphatic rings. The molecule has 0 aliphatic heterocycles. The monoisotopic (exact) mass is 273 g/mol. The Labute approximate surface area is 118 Å². The number of rotatable bonds is 3. The Morgan fingerprint density at radius 2 is 1.89 bits per heavy atom. The molecule has 2 nitrogen and oxygen atoms in total. The minimum Gasteiger partial charge on any atom is -0.457 e. The van der Waals surface area contributed by atoms with E-state index in [-0.39, 0.29) is 0 Å². The molecule has 19 heavy (non-hydrogen) atoms. The van der Waals surface area contributed by atoms with Crippen molar-refractivity contribution in [2.45, 2.75) is 25.8 Å². The molecule has 0 aromatic heterocycles. The number of ether oxygens (including phenoxy) is 1. The molecule has 3 rings (SSSR count). The smallest absolute Gasteiger partial charge is 0.133 e. The van der Waals surface area contributed by atoms with Crippen molar-refractivity contribution in [2.75, 3.05) is 0 Å². The number of aryl methyl sites for hydroxylation is 2. The summed E-state index contributed by atoms with van der Waals surface area (Å²) in [6, 6.07) is 11.9. The second-order valence-electron chi connectivity index (χ2n) is 4.84. The van der Waals surface area contributed by atoms with Crippen LogP contribution in [0.5, 0.6) is 11.5 Å². The zero-order valence-corrected chi connectivity index (χ0v) is 11.4. The summed E-state index contributed by atoms with van der Waals surface area (Å²) in [5, 5.41) is 0.661. The summed E-state index contributed by atoms with van der Waals surface area (Å²) in [7, 11) is 0. The van der Waals surface area contributed by atoms with Crippen LogP contribution in [0.1, 0.15) is 23.1 Å². The molecule has 2 N–H and O–H groups in total. The van der Waals surface area contributed by atoms with Crippen LogP contribution in [0.4, 0.5) is 0 Å². The van der Waals surface area contributed by atoms with Gasteiger partial charge in [-0.05, 0) is 54.7 Å². The van der Waals surface area contributed by atoms with Gasteiger partial charge in [0.15, 0.2) is 0 Å². The van der Waals surface area contributed by atoms with E-state index >= 15 is 0 Å². The molecule has 0 saturated heterocycles. The van der Waals surface area contributed by atoms with Crippen molar-refractivity contribution in [3.05, 3.63) is 58.1 Å². The van der Waals surface area contributed by atoms with Gasteiger partial charge in [-0.3, -0.25) is 0 Å². The number of fused-ring (bicyclic) bond motifs is 1. The highest BCUT2D eigenvalue weighted by Gasteiger charge is 2.12. The molecule has 0 radical (unpaired) electrons. The highest BCUT2D eigenvalue weighted by atomic mass is 35.5. The fourth-order valence-electron chi connectivity index (χ4n) is 2.53. The van der Waals surface area contributed by atoms with Gasteiger partial charge in [-0.1, -0.05) is 23.7 Å². The van der Waals surface area contributed by atoms with Gasteiger partial charge in [-0.25, -0.2) is 0 Å². The first kappa shape index (κ1) is 12.5.